The second-order valence-electron chi connectivity index (χ2n) is 3.53. The van der Waals surface area contributed by atoms with Crippen LogP contribution in [0.1, 0.15) is 10.5 Å². The van der Waals surface area contributed by atoms with E-state index in [0.717, 1.165) is 12.4 Å². The second kappa shape index (κ2) is 4.92. The first kappa shape index (κ1) is 12.8. The molecule has 5 nitrogen and oxygen atoms in total. The van der Waals surface area contributed by atoms with Gasteiger partial charge in [0.25, 0.3) is 5.91 Å². The molecule has 2 aromatic rings. The molecule has 0 aliphatic rings. The Labute approximate surface area is 105 Å². The van der Waals surface area contributed by atoms with Crippen molar-refractivity contribution in [3.05, 3.63) is 47.7 Å². The maximum atomic E-state index is 13.3. The highest BCUT2D eigenvalue weighted by Crippen LogP contribution is 2.19. The lowest BCUT2D eigenvalue weighted by molar-refractivity contribution is 0.102. The number of nitrogens with two attached hydrogens (primary N) is 1. The molecule has 0 spiro atoms. The Hall–Kier alpha value is -2.64. The van der Waals surface area contributed by atoms with Crippen LogP contribution in [-0.2, 0) is 0 Å². The molecule has 1 amide bonds. The molecule has 98 valence electrons. The fourth-order valence-corrected chi connectivity index (χ4v) is 1.29. The van der Waals surface area contributed by atoms with E-state index in [2.05, 4.69) is 9.97 Å². The predicted octanol–water partition coefficient (Wildman–Crippen LogP) is 1.73. The van der Waals surface area contributed by atoms with Gasteiger partial charge in [-0.25, -0.2) is 23.1 Å². The van der Waals surface area contributed by atoms with Crippen molar-refractivity contribution >= 4 is 17.4 Å². The fourth-order valence-electron chi connectivity index (χ4n) is 1.29. The van der Waals surface area contributed by atoms with Crippen LogP contribution >= 0.6 is 0 Å². The summed E-state index contributed by atoms with van der Waals surface area (Å²) in [5, 5.41) is 1.99. The number of nitrogens with zero attached hydrogens (tertiary/aromatic N) is 2. The first-order valence-corrected chi connectivity index (χ1v) is 5.01. The van der Waals surface area contributed by atoms with E-state index in [1.807, 2.05) is 5.32 Å². The molecule has 1 aromatic carbocycles. The molecule has 0 saturated carbocycles. The van der Waals surface area contributed by atoms with E-state index < -0.39 is 29.0 Å². The van der Waals surface area contributed by atoms with Gasteiger partial charge >= 0.3 is 0 Å². The summed E-state index contributed by atoms with van der Waals surface area (Å²) >= 11 is 0. The van der Waals surface area contributed by atoms with Gasteiger partial charge in [0.2, 0.25) is 0 Å². The maximum Gasteiger partial charge on any atom is 0.275 e. The van der Waals surface area contributed by atoms with Gasteiger partial charge in [0.1, 0.15) is 17.3 Å². The van der Waals surface area contributed by atoms with Crippen molar-refractivity contribution < 1.29 is 18.0 Å². The molecule has 0 bridgehead atoms. The Bertz CT molecular complexity index is 631. The third-order valence-corrected chi connectivity index (χ3v) is 2.15. The number of carbonyl (C=O) groups is 1. The third-order valence-electron chi connectivity index (χ3n) is 2.15. The van der Waals surface area contributed by atoms with E-state index >= 15 is 0 Å². The minimum Gasteiger partial charge on any atom is -0.382 e. The number of nitrogen functional groups attached to an aromatic ring is 1. The summed E-state index contributed by atoms with van der Waals surface area (Å²) in [4.78, 5) is 18.9. The summed E-state index contributed by atoms with van der Waals surface area (Å²) in [5.74, 6) is -4.55. The number of rotatable bonds is 2. The number of aromatic nitrogens is 2. The van der Waals surface area contributed by atoms with Crippen LogP contribution < -0.4 is 11.1 Å². The number of amides is 1. The zero-order chi connectivity index (χ0) is 14.0. The second-order valence-corrected chi connectivity index (χ2v) is 3.53. The zero-order valence-corrected chi connectivity index (χ0v) is 9.32. The molecule has 0 saturated heterocycles. The van der Waals surface area contributed by atoms with Gasteiger partial charge in [-0.15, -0.1) is 0 Å². The summed E-state index contributed by atoms with van der Waals surface area (Å²) in [7, 11) is 0. The lowest BCUT2D eigenvalue weighted by atomic mass is 10.2. The molecular weight excluding hydrogens is 261 g/mol. The number of nitrogens with one attached hydrogen (secondary N) is 1. The third kappa shape index (κ3) is 2.79. The highest BCUT2D eigenvalue weighted by molar-refractivity contribution is 6.02. The average Bonchev–Trinajstić information content (AvgIpc) is 2.36. The Morgan fingerprint density at radius 3 is 2.53 bits per heavy atom. The van der Waals surface area contributed by atoms with Gasteiger partial charge in [0, 0.05) is 12.1 Å². The number of benzene rings is 1. The lowest BCUT2D eigenvalue weighted by Gasteiger charge is -2.06. The van der Waals surface area contributed by atoms with Gasteiger partial charge in [-0.2, -0.15) is 0 Å². The quantitative estimate of drug-likeness (QED) is 0.813. The Morgan fingerprint density at radius 2 is 1.89 bits per heavy atom. The monoisotopic (exact) mass is 268 g/mol. The molecular formula is C11H7F3N4O. The minimum absolute atomic E-state index is 0.0968. The van der Waals surface area contributed by atoms with Crippen molar-refractivity contribution in [2.75, 3.05) is 11.1 Å². The van der Waals surface area contributed by atoms with Crippen molar-refractivity contribution in [3.63, 3.8) is 0 Å². The summed E-state index contributed by atoms with van der Waals surface area (Å²) in [6, 6.07) is 1.02. The number of hydrogen-bond donors (Lipinski definition) is 2. The van der Waals surface area contributed by atoms with Crippen LogP contribution in [0.5, 0.6) is 0 Å². The topological polar surface area (TPSA) is 80.9 Å². The smallest absolute Gasteiger partial charge is 0.275 e. The van der Waals surface area contributed by atoms with Crippen LogP contribution in [0.2, 0.25) is 0 Å². The van der Waals surface area contributed by atoms with Crippen LogP contribution in [0, 0.1) is 17.5 Å². The molecule has 0 fully saturated rings. The molecule has 0 radical (unpaired) electrons. The molecule has 8 heteroatoms. The number of carbonyl (C=O) groups excluding carboxylic acids is 1. The molecule has 0 aliphatic heterocycles. The molecule has 1 heterocycles. The number of anilines is 2. The molecule has 1 aromatic heterocycles. The Balaban J connectivity index is 2.26. The molecule has 19 heavy (non-hydrogen) atoms. The van der Waals surface area contributed by atoms with E-state index in [-0.39, 0.29) is 11.5 Å². The van der Waals surface area contributed by atoms with Crippen LogP contribution in [0.4, 0.5) is 24.7 Å². The number of hydrogen-bond acceptors (Lipinski definition) is 4. The van der Waals surface area contributed by atoms with Crippen molar-refractivity contribution in [2.24, 2.45) is 0 Å². The molecule has 2 rings (SSSR count). The van der Waals surface area contributed by atoms with E-state index in [1.54, 1.807) is 0 Å². The first-order chi connectivity index (χ1) is 8.97. The minimum atomic E-state index is -1.40. The van der Waals surface area contributed by atoms with Gasteiger partial charge in [-0.1, -0.05) is 0 Å². The predicted molar refractivity (Wildman–Crippen MR) is 60.7 cm³/mol. The van der Waals surface area contributed by atoms with Crippen LogP contribution in [-0.4, -0.2) is 15.9 Å². The van der Waals surface area contributed by atoms with Gasteiger partial charge in [-0.3, -0.25) is 4.79 Å². The van der Waals surface area contributed by atoms with Gasteiger partial charge in [0.15, 0.2) is 11.6 Å². The van der Waals surface area contributed by atoms with E-state index in [4.69, 9.17) is 5.73 Å². The van der Waals surface area contributed by atoms with Crippen LogP contribution in [0.15, 0.2) is 24.5 Å². The first-order valence-electron chi connectivity index (χ1n) is 5.01. The molecule has 0 atom stereocenters. The van der Waals surface area contributed by atoms with Gasteiger partial charge in [0.05, 0.1) is 18.1 Å². The van der Waals surface area contributed by atoms with Crippen LogP contribution in [0.3, 0.4) is 0 Å². The van der Waals surface area contributed by atoms with Gasteiger partial charge < -0.3 is 11.1 Å². The summed E-state index contributed by atoms with van der Waals surface area (Å²) in [5.41, 5.74) is 4.49. The summed E-state index contributed by atoms with van der Waals surface area (Å²) < 4.78 is 39.2. The summed E-state index contributed by atoms with van der Waals surface area (Å²) in [6.07, 6.45) is 2.18. The molecule has 0 unspecified atom stereocenters. The fraction of sp³-hybridized carbons (Fsp3) is 0. The molecule has 0 aliphatic carbocycles. The van der Waals surface area contributed by atoms with Crippen molar-refractivity contribution in [3.8, 4) is 0 Å². The number of halogens is 3. The normalized spacial score (nSPS) is 10.3. The average molecular weight is 268 g/mol. The van der Waals surface area contributed by atoms with Crippen molar-refractivity contribution in [1.82, 2.24) is 9.97 Å². The lowest BCUT2D eigenvalue weighted by Crippen LogP contribution is -2.16. The largest absolute Gasteiger partial charge is 0.382 e. The van der Waals surface area contributed by atoms with E-state index in [0.29, 0.717) is 12.1 Å². The van der Waals surface area contributed by atoms with Gasteiger partial charge in [-0.05, 0) is 0 Å². The Morgan fingerprint density at radius 1 is 1.16 bits per heavy atom. The van der Waals surface area contributed by atoms with E-state index in [9.17, 15) is 18.0 Å². The highest BCUT2D eigenvalue weighted by Gasteiger charge is 2.15. The van der Waals surface area contributed by atoms with E-state index in [1.165, 1.54) is 0 Å². The van der Waals surface area contributed by atoms with Crippen molar-refractivity contribution in [1.29, 1.82) is 0 Å². The molecule has 3 N–H and O–H groups in total. The maximum absolute atomic E-state index is 13.3. The standard InChI is InChI=1S/C11H7F3N4O/c12-5-1-6(13)10(14)7(2-5)18-11(19)8-3-17-9(15)4-16-8/h1-4H,(H2,15,17)(H,18,19). The Kier molecular flexibility index (Phi) is 3.32. The van der Waals surface area contributed by atoms with Crippen LogP contribution in [0.25, 0.3) is 0 Å². The van der Waals surface area contributed by atoms with Crippen molar-refractivity contribution in [2.45, 2.75) is 0 Å². The zero-order valence-electron chi connectivity index (χ0n) is 9.32. The SMILES string of the molecule is Nc1cnc(C(=O)Nc2cc(F)cc(F)c2F)cn1. The highest BCUT2D eigenvalue weighted by atomic mass is 19.2. The summed E-state index contributed by atoms with van der Waals surface area (Å²) in [6.45, 7) is 0.